The lowest BCUT2D eigenvalue weighted by atomic mass is 9.84. The van der Waals surface area contributed by atoms with Crippen LogP contribution >= 0.6 is 0 Å². The Hall–Kier alpha value is -3.17. The molecule has 1 saturated heterocycles. The van der Waals surface area contributed by atoms with Crippen LogP contribution in [-0.2, 0) is 14.4 Å². The van der Waals surface area contributed by atoms with Gasteiger partial charge in [0.25, 0.3) is 0 Å². The monoisotopic (exact) mass is 548 g/mol. The molecule has 10 heteroatoms. The zero-order valence-electron chi connectivity index (χ0n) is 23.4. The lowest BCUT2D eigenvalue weighted by Crippen LogP contribution is -2.44. The maximum atomic E-state index is 11.9. The molecule has 1 aliphatic heterocycles. The lowest BCUT2D eigenvalue weighted by molar-refractivity contribution is -0.174. The van der Waals surface area contributed by atoms with Gasteiger partial charge in [-0.2, -0.15) is 13.2 Å². The van der Waals surface area contributed by atoms with Gasteiger partial charge in [-0.3, -0.25) is 19.4 Å². The molecule has 0 radical (unpaired) electrons. The van der Waals surface area contributed by atoms with Crippen LogP contribution < -0.4 is 10.6 Å². The smallest absolute Gasteiger partial charge is 0.351 e. The SMILES string of the molecule is CC(C)C.CC1CN(C(=O)CNC(=O)C(F)(F)F)CC1(C)C.O=CNC1c2cncc3cccc(c23)C2CC21. The van der Waals surface area contributed by atoms with Crippen molar-refractivity contribution in [1.29, 1.82) is 0 Å². The maximum absolute atomic E-state index is 11.9. The van der Waals surface area contributed by atoms with Gasteiger partial charge in [0.2, 0.25) is 12.3 Å². The molecular weight excluding hydrogens is 509 g/mol. The van der Waals surface area contributed by atoms with Crippen molar-refractivity contribution in [3.05, 3.63) is 41.7 Å². The number of hydrogen-bond acceptors (Lipinski definition) is 4. The summed E-state index contributed by atoms with van der Waals surface area (Å²) >= 11 is 0. The topological polar surface area (TPSA) is 91.4 Å². The predicted molar refractivity (Wildman–Crippen MR) is 144 cm³/mol. The van der Waals surface area contributed by atoms with E-state index >= 15 is 0 Å². The Bertz CT molecular complexity index is 1190. The highest BCUT2D eigenvalue weighted by Crippen LogP contribution is 2.59. The molecule has 7 nitrogen and oxygen atoms in total. The highest BCUT2D eigenvalue weighted by atomic mass is 19.4. The Kier molecular flexibility index (Phi) is 9.28. The number of aromatic nitrogens is 1. The first-order chi connectivity index (χ1) is 18.2. The van der Waals surface area contributed by atoms with Crippen LogP contribution in [0.5, 0.6) is 0 Å². The molecule has 3 aliphatic rings. The first-order valence-electron chi connectivity index (χ1n) is 13.4. The van der Waals surface area contributed by atoms with Crippen LogP contribution in [0.2, 0.25) is 0 Å². The third-order valence-corrected chi connectivity index (χ3v) is 7.53. The molecule has 39 heavy (non-hydrogen) atoms. The van der Waals surface area contributed by atoms with Gasteiger partial charge < -0.3 is 15.5 Å². The molecule has 0 bridgehead atoms. The molecule has 214 valence electrons. The summed E-state index contributed by atoms with van der Waals surface area (Å²) in [6.07, 6.45) is 0.856. The number of amides is 3. The van der Waals surface area contributed by atoms with Crippen LogP contribution in [0.1, 0.15) is 71.0 Å². The molecule has 2 aliphatic carbocycles. The van der Waals surface area contributed by atoms with Gasteiger partial charge in [-0.15, -0.1) is 0 Å². The molecule has 3 amide bonds. The number of benzene rings is 1. The van der Waals surface area contributed by atoms with E-state index in [4.69, 9.17) is 0 Å². The molecule has 0 spiro atoms. The van der Waals surface area contributed by atoms with Crippen molar-refractivity contribution in [2.75, 3.05) is 19.6 Å². The average Bonchev–Trinajstić information content (AvgIpc) is 3.59. The Labute approximate surface area is 227 Å². The highest BCUT2D eigenvalue weighted by molar-refractivity contribution is 5.91. The minimum atomic E-state index is -4.95. The number of carbonyl (C=O) groups excluding carboxylic acids is 3. The Morgan fingerprint density at radius 2 is 1.85 bits per heavy atom. The van der Waals surface area contributed by atoms with E-state index in [-0.39, 0.29) is 17.4 Å². The predicted octanol–water partition coefficient (Wildman–Crippen LogP) is 4.97. The lowest BCUT2D eigenvalue weighted by Gasteiger charge is -2.24. The van der Waals surface area contributed by atoms with E-state index in [1.54, 1.807) is 5.32 Å². The van der Waals surface area contributed by atoms with Gasteiger partial charge in [-0.05, 0) is 46.5 Å². The fraction of sp³-hybridized carbons (Fsp3) is 0.586. The molecule has 2 N–H and O–H groups in total. The van der Waals surface area contributed by atoms with Crippen molar-refractivity contribution in [2.24, 2.45) is 23.2 Å². The summed E-state index contributed by atoms with van der Waals surface area (Å²) in [7, 11) is 0. The molecule has 5 rings (SSSR count). The third kappa shape index (κ3) is 7.28. The maximum Gasteiger partial charge on any atom is 0.471 e. The van der Waals surface area contributed by atoms with Crippen LogP contribution in [0.3, 0.4) is 0 Å². The molecule has 1 saturated carbocycles. The van der Waals surface area contributed by atoms with Gasteiger partial charge >= 0.3 is 12.1 Å². The van der Waals surface area contributed by atoms with Gasteiger partial charge in [0, 0.05) is 36.4 Å². The van der Waals surface area contributed by atoms with Gasteiger partial charge in [0.15, 0.2) is 0 Å². The minimum Gasteiger partial charge on any atom is -0.351 e. The molecule has 2 heterocycles. The number of rotatable bonds is 4. The van der Waals surface area contributed by atoms with Gasteiger partial charge in [0.1, 0.15) is 0 Å². The standard InChI is InChI=1S/C14H12N2O.C11H17F3N2O2.C4H10/c17-7-16-14-11-4-10(11)9-3-1-2-8-5-15-6-12(14)13(8)9;1-7-5-16(6-10(7,2)3)8(17)4-15-9(18)11(12,13)14;1-4(2)3/h1-3,5-7,10-11,14H,4H2,(H,16,17);7H,4-6H2,1-3H3,(H,15,18);4H,1-3H3. The third-order valence-electron chi connectivity index (χ3n) is 7.53. The van der Waals surface area contributed by atoms with E-state index in [0.717, 1.165) is 12.3 Å². The quantitative estimate of drug-likeness (QED) is 0.528. The van der Waals surface area contributed by atoms with Crippen molar-refractivity contribution < 1.29 is 27.6 Å². The number of likely N-dealkylation sites (tertiary alicyclic amines) is 1. The number of fused-ring (bicyclic) bond motifs is 2. The molecular formula is C29H39F3N4O3. The summed E-state index contributed by atoms with van der Waals surface area (Å²) in [5.74, 6) is -0.249. The summed E-state index contributed by atoms with van der Waals surface area (Å²) < 4.78 is 35.8. The first-order valence-corrected chi connectivity index (χ1v) is 13.4. The second kappa shape index (κ2) is 11.9. The number of hydrogen-bond donors (Lipinski definition) is 2. The van der Waals surface area contributed by atoms with Gasteiger partial charge in [0.05, 0.1) is 12.6 Å². The number of halogens is 3. The summed E-state index contributed by atoms with van der Waals surface area (Å²) in [4.78, 5) is 38.7. The second-order valence-electron chi connectivity index (χ2n) is 12.0. The second-order valence-corrected chi connectivity index (χ2v) is 12.0. The Morgan fingerprint density at radius 1 is 1.18 bits per heavy atom. The minimum absolute atomic E-state index is 0.0519. The summed E-state index contributed by atoms with van der Waals surface area (Å²) in [6, 6.07) is 6.57. The number of nitrogens with zero attached hydrogens (tertiary/aromatic N) is 2. The molecule has 2 aromatic rings. The molecule has 2 fully saturated rings. The number of nitrogens with one attached hydrogen (secondary N) is 2. The van der Waals surface area contributed by atoms with Crippen LogP contribution in [0.4, 0.5) is 13.2 Å². The van der Waals surface area contributed by atoms with Crippen molar-refractivity contribution >= 4 is 29.0 Å². The number of pyridine rings is 1. The Balaban J connectivity index is 0.000000190. The largest absolute Gasteiger partial charge is 0.471 e. The van der Waals surface area contributed by atoms with Crippen LogP contribution in [0.25, 0.3) is 10.8 Å². The van der Waals surface area contributed by atoms with Crippen LogP contribution in [0.15, 0.2) is 30.6 Å². The van der Waals surface area contributed by atoms with Crippen molar-refractivity contribution in [2.45, 2.75) is 66.1 Å². The van der Waals surface area contributed by atoms with Crippen molar-refractivity contribution in [1.82, 2.24) is 20.5 Å². The van der Waals surface area contributed by atoms with E-state index < -0.39 is 24.5 Å². The van der Waals surface area contributed by atoms with Crippen LogP contribution in [-0.4, -0.2) is 53.9 Å². The van der Waals surface area contributed by atoms with E-state index in [9.17, 15) is 27.6 Å². The molecule has 1 aromatic heterocycles. The van der Waals surface area contributed by atoms with Crippen molar-refractivity contribution in [3.63, 3.8) is 0 Å². The Morgan fingerprint density at radius 3 is 2.41 bits per heavy atom. The first kappa shape index (κ1) is 30.4. The van der Waals surface area contributed by atoms with E-state index in [0.29, 0.717) is 24.9 Å². The summed E-state index contributed by atoms with van der Waals surface area (Å²) in [5.41, 5.74) is 2.57. The van der Waals surface area contributed by atoms with E-state index in [2.05, 4.69) is 49.3 Å². The highest BCUT2D eigenvalue weighted by Gasteiger charge is 2.49. The van der Waals surface area contributed by atoms with E-state index in [1.165, 1.54) is 33.2 Å². The molecule has 4 atom stereocenters. The average molecular weight is 549 g/mol. The fourth-order valence-electron chi connectivity index (χ4n) is 5.14. The zero-order chi connectivity index (χ0) is 29.1. The molecule has 4 unspecified atom stereocenters. The zero-order valence-corrected chi connectivity index (χ0v) is 23.4. The van der Waals surface area contributed by atoms with Crippen molar-refractivity contribution in [3.8, 4) is 0 Å². The number of alkyl halides is 3. The van der Waals surface area contributed by atoms with E-state index in [1.807, 2.05) is 33.2 Å². The molecule has 1 aromatic carbocycles. The van der Waals surface area contributed by atoms with Crippen LogP contribution in [0, 0.1) is 23.2 Å². The van der Waals surface area contributed by atoms with Gasteiger partial charge in [-0.25, -0.2) is 0 Å². The normalized spacial score (nSPS) is 24.0. The number of carbonyl (C=O) groups is 3. The fourth-order valence-corrected chi connectivity index (χ4v) is 5.14. The van der Waals surface area contributed by atoms with Gasteiger partial charge in [-0.1, -0.05) is 59.7 Å². The summed E-state index contributed by atoms with van der Waals surface area (Å²) in [6.45, 7) is 12.9. The summed E-state index contributed by atoms with van der Waals surface area (Å²) in [5, 5.41) is 7.03.